The summed E-state index contributed by atoms with van der Waals surface area (Å²) in [4.78, 5) is 15.4. The van der Waals surface area contributed by atoms with E-state index in [0.29, 0.717) is 24.1 Å². The van der Waals surface area contributed by atoms with E-state index in [1.54, 1.807) is 26.0 Å². The van der Waals surface area contributed by atoms with Crippen LogP contribution in [0.25, 0.3) is 0 Å². The highest BCUT2D eigenvalue weighted by Gasteiger charge is 2.20. The summed E-state index contributed by atoms with van der Waals surface area (Å²) in [5.41, 5.74) is 6.15. The summed E-state index contributed by atoms with van der Waals surface area (Å²) < 4.78 is 0. The van der Waals surface area contributed by atoms with Crippen molar-refractivity contribution in [1.82, 2.24) is 0 Å². The fourth-order valence-electron chi connectivity index (χ4n) is 4.92. The van der Waals surface area contributed by atoms with E-state index in [1.165, 1.54) is 35.7 Å². The van der Waals surface area contributed by atoms with Gasteiger partial charge in [0.2, 0.25) is 0 Å². The number of nitrogens with zero attached hydrogens (tertiary/aromatic N) is 1. The van der Waals surface area contributed by atoms with E-state index in [2.05, 4.69) is 5.16 Å². The Morgan fingerprint density at radius 1 is 0.634 bits per heavy atom. The van der Waals surface area contributed by atoms with Crippen LogP contribution >= 0.6 is 23.5 Å². The van der Waals surface area contributed by atoms with Gasteiger partial charge in [-0.2, -0.15) is 0 Å². The third kappa shape index (κ3) is 6.16. The number of fused-ring (bicyclic) bond motifs is 4. The van der Waals surface area contributed by atoms with E-state index in [-0.39, 0.29) is 28.8 Å². The van der Waals surface area contributed by atoms with Gasteiger partial charge in [-0.3, -0.25) is 4.79 Å². The molecule has 0 saturated heterocycles. The lowest BCUT2D eigenvalue weighted by Crippen LogP contribution is -1.98. The molecule has 0 saturated carbocycles. The molecule has 41 heavy (non-hydrogen) atoms. The van der Waals surface area contributed by atoms with Crippen molar-refractivity contribution < 1.29 is 30.4 Å². The number of carbonyl (C=O) groups is 1. The summed E-state index contributed by atoms with van der Waals surface area (Å²) in [6, 6.07) is 17.7. The Bertz CT molecular complexity index is 1700. The number of phenolic OH excluding ortho intramolecular Hbond substituents is 4. The smallest absolute Gasteiger partial charge is 0.159 e. The van der Waals surface area contributed by atoms with Crippen molar-refractivity contribution in [1.29, 1.82) is 0 Å². The summed E-state index contributed by atoms with van der Waals surface area (Å²) >= 11 is 3.06. The molecular weight excluding hydrogens is 558 g/mol. The quantitative estimate of drug-likeness (QED) is 0.0727. The molecule has 0 aromatic heterocycles. The highest BCUT2D eigenvalue weighted by Crippen LogP contribution is 2.43. The average molecular weight is 588 g/mol. The number of oxime groups is 1. The summed E-state index contributed by atoms with van der Waals surface area (Å²) in [5, 5.41) is 51.3. The van der Waals surface area contributed by atoms with Crippen LogP contribution < -0.4 is 0 Å². The topological polar surface area (TPSA) is 131 Å². The number of aromatic hydroxyl groups is 4. The van der Waals surface area contributed by atoms with Gasteiger partial charge in [0.05, 0.1) is 5.71 Å². The van der Waals surface area contributed by atoms with Gasteiger partial charge in [0.15, 0.2) is 5.78 Å². The first kappa shape index (κ1) is 28.4. The zero-order valence-electron chi connectivity index (χ0n) is 22.5. The SMILES string of the molecule is C/C(=N/O)c1ccc2c(c1)CCc1c(O)cc(O)cc1S2.CC(=O)c1ccc2c(c1)CCc1c(O)cc(O)cc1S2. The van der Waals surface area contributed by atoms with Crippen molar-refractivity contribution >= 4 is 35.0 Å². The van der Waals surface area contributed by atoms with Gasteiger partial charge in [0, 0.05) is 48.4 Å². The molecule has 9 heteroatoms. The second-order valence-corrected chi connectivity index (χ2v) is 12.1. The summed E-state index contributed by atoms with van der Waals surface area (Å²) in [7, 11) is 0. The van der Waals surface area contributed by atoms with Crippen molar-refractivity contribution in [2.24, 2.45) is 5.16 Å². The molecule has 2 aliphatic heterocycles. The first-order valence-electron chi connectivity index (χ1n) is 13.0. The molecule has 210 valence electrons. The molecule has 0 spiro atoms. The number of ketones is 1. The summed E-state index contributed by atoms with van der Waals surface area (Å²) in [5.74, 6) is 0.463. The number of rotatable bonds is 2. The first-order valence-corrected chi connectivity index (χ1v) is 14.7. The molecule has 4 aromatic rings. The highest BCUT2D eigenvalue weighted by atomic mass is 32.2. The number of hydrogen-bond donors (Lipinski definition) is 5. The van der Waals surface area contributed by atoms with Crippen LogP contribution in [-0.2, 0) is 25.7 Å². The van der Waals surface area contributed by atoms with Crippen LogP contribution in [0.5, 0.6) is 23.0 Å². The standard InChI is InChI=1S/C16H15NO3S.C16H14O3S/c1-9(17-20)10-3-5-15-11(6-10)2-4-13-14(19)7-12(18)8-16(13)21-15;1-9(17)10-3-5-15-11(6-10)2-4-13-14(19)7-12(18)8-16(13)20-15/h3,5-8,18-20H,2,4H2,1H3;3,5-8,18-19H,2,4H2,1H3/b17-9-;. The largest absolute Gasteiger partial charge is 0.508 e. The monoisotopic (exact) mass is 587 g/mol. The van der Waals surface area contributed by atoms with E-state index in [4.69, 9.17) is 5.21 Å². The van der Waals surface area contributed by atoms with Crippen LogP contribution in [0, 0.1) is 0 Å². The van der Waals surface area contributed by atoms with E-state index >= 15 is 0 Å². The molecule has 6 rings (SSSR count). The van der Waals surface area contributed by atoms with Gasteiger partial charge in [-0.15, -0.1) is 0 Å². The number of benzene rings is 4. The molecule has 0 fully saturated rings. The molecule has 2 heterocycles. The Labute approximate surface area is 246 Å². The number of aryl methyl sites for hydroxylation is 2. The Kier molecular flexibility index (Phi) is 8.19. The molecule has 0 atom stereocenters. The second kappa shape index (κ2) is 11.8. The Balaban J connectivity index is 0.000000165. The van der Waals surface area contributed by atoms with Gasteiger partial charge in [0.1, 0.15) is 23.0 Å². The fraction of sp³-hybridized carbons (Fsp3) is 0.188. The normalized spacial score (nSPS) is 13.8. The van der Waals surface area contributed by atoms with E-state index in [0.717, 1.165) is 60.2 Å². The van der Waals surface area contributed by atoms with Crippen LogP contribution in [0.3, 0.4) is 0 Å². The minimum atomic E-state index is 0.0556. The number of hydrogen-bond acceptors (Lipinski definition) is 9. The van der Waals surface area contributed by atoms with Crippen molar-refractivity contribution in [3.05, 3.63) is 94.0 Å². The van der Waals surface area contributed by atoms with Crippen molar-refractivity contribution in [3.63, 3.8) is 0 Å². The molecule has 0 radical (unpaired) electrons. The zero-order chi connectivity index (χ0) is 29.3. The Morgan fingerprint density at radius 3 is 1.56 bits per heavy atom. The lowest BCUT2D eigenvalue weighted by Gasteiger charge is -2.08. The van der Waals surface area contributed by atoms with Crippen LogP contribution in [0.15, 0.2) is 85.4 Å². The van der Waals surface area contributed by atoms with Gasteiger partial charge >= 0.3 is 0 Å². The molecule has 0 unspecified atom stereocenters. The predicted octanol–water partition coefficient (Wildman–Crippen LogP) is 7.10. The van der Waals surface area contributed by atoms with Crippen molar-refractivity contribution in [3.8, 4) is 23.0 Å². The van der Waals surface area contributed by atoms with Gasteiger partial charge in [-0.25, -0.2) is 0 Å². The maximum absolute atomic E-state index is 11.5. The van der Waals surface area contributed by atoms with Gasteiger partial charge in [0.25, 0.3) is 0 Å². The molecule has 4 aromatic carbocycles. The number of phenols is 4. The van der Waals surface area contributed by atoms with Gasteiger partial charge in [-0.1, -0.05) is 40.8 Å². The third-order valence-electron chi connectivity index (χ3n) is 7.16. The Hall–Kier alpha value is -4.08. The van der Waals surface area contributed by atoms with Crippen LogP contribution in [-0.4, -0.2) is 37.1 Å². The van der Waals surface area contributed by atoms with Crippen LogP contribution in [0.4, 0.5) is 0 Å². The molecular formula is C32H29NO6S2. The van der Waals surface area contributed by atoms with E-state index in [1.807, 2.05) is 36.4 Å². The Morgan fingerprint density at radius 2 is 1.10 bits per heavy atom. The van der Waals surface area contributed by atoms with Crippen LogP contribution in [0.2, 0.25) is 0 Å². The lowest BCUT2D eigenvalue weighted by atomic mass is 10.0. The van der Waals surface area contributed by atoms with Gasteiger partial charge in [-0.05, 0) is 92.6 Å². The maximum atomic E-state index is 11.5. The summed E-state index contributed by atoms with van der Waals surface area (Å²) in [6.07, 6.45) is 2.97. The maximum Gasteiger partial charge on any atom is 0.159 e. The van der Waals surface area contributed by atoms with Crippen molar-refractivity contribution in [2.75, 3.05) is 0 Å². The fourth-order valence-corrected chi connectivity index (χ4v) is 7.27. The zero-order valence-corrected chi connectivity index (χ0v) is 24.1. The third-order valence-corrected chi connectivity index (χ3v) is 9.57. The first-order chi connectivity index (χ1) is 19.6. The number of Topliss-reactive ketones (excluding diaryl/α,β-unsaturated/α-hetero) is 1. The van der Waals surface area contributed by atoms with Crippen LogP contribution in [0.1, 0.15) is 52.0 Å². The van der Waals surface area contributed by atoms with Crippen molar-refractivity contribution in [2.45, 2.75) is 59.1 Å². The van der Waals surface area contributed by atoms with E-state index in [9.17, 15) is 25.2 Å². The predicted molar refractivity (Wildman–Crippen MR) is 159 cm³/mol. The highest BCUT2D eigenvalue weighted by molar-refractivity contribution is 7.99. The molecule has 0 aliphatic carbocycles. The summed E-state index contributed by atoms with van der Waals surface area (Å²) in [6.45, 7) is 3.31. The lowest BCUT2D eigenvalue weighted by molar-refractivity contribution is 0.101. The minimum Gasteiger partial charge on any atom is -0.508 e. The molecule has 2 aliphatic rings. The molecule has 0 bridgehead atoms. The van der Waals surface area contributed by atoms with E-state index < -0.39 is 0 Å². The second-order valence-electron chi connectivity index (χ2n) is 9.97. The molecule has 5 N–H and O–H groups in total. The van der Waals surface area contributed by atoms with Gasteiger partial charge < -0.3 is 25.6 Å². The molecule has 0 amide bonds. The minimum absolute atomic E-state index is 0.0556. The molecule has 7 nitrogen and oxygen atoms in total. The number of carbonyl (C=O) groups excluding carboxylic acids is 1. The average Bonchev–Trinajstić information content (AvgIpc) is 3.23.